The van der Waals surface area contributed by atoms with Crippen LogP contribution in [0.2, 0.25) is 0 Å². The van der Waals surface area contributed by atoms with Crippen LogP contribution in [0.5, 0.6) is 0 Å². The van der Waals surface area contributed by atoms with Crippen molar-refractivity contribution in [2.75, 3.05) is 0 Å². The van der Waals surface area contributed by atoms with Gasteiger partial charge in [0.15, 0.2) is 5.82 Å². The molecule has 13 aromatic rings. The van der Waals surface area contributed by atoms with Crippen molar-refractivity contribution in [2.45, 2.75) is 0 Å². The van der Waals surface area contributed by atoms with Gasteiger partial charge in [-0.25, -0.2) is 9.97 Å². The van der Waals surface area contributed by atoms with E-state index >= 15 is 0 Å². The van der Waals surface area contributed by atoms with Crippen molar-refractivity contribution in [2.24, 2.45) is 0 Å². The van der Waals surface area contributed by atoms with Crippen molar-refractivity contribution in [3.8, 4) is 56.3 Å². The van der Waals surface area contributed by atoms with Gasteiger partial charge in [0.1, 0.15) is 0 Å². The van der Waals surface area contributed by atoms with Crippen LogP contribution in [0.4, 0.5) is 0 Å². The second kappa shape index (κ2) is 14.5. The van der Waals surface area contributed by atoms with Crippen LogP contribution in [0.1, 0.15) is 0 Å². The summed E-state index contributed by atoms with van der Waals surface area (Å²) in [5, 5.41) is 8.51. The smallest absolute Gasteiger partial charge is 0.160 e. The number of aromatic nitrogens is 4. The van der Waals surface area contributed by atoms with Crippen LogP contribution in [0.3, 0.4) is 0 Å². The van der Waals surface area contributed by atoms with E-state index in [1.807, 2.05) is 12.1 Å². The van der Waals surface area contributed by atoms with E-state index in [1.165, 1.54) is 71.1 Å². The Kier molecular flexibility index (Phi) is 8.18. The van der Waals surface area contributed by atoms with E-state index in [0.717, 1.165) is 44.6 Å². The van der Waals surface area contributed by atoms with E-state index < -0.39 is 0 Å². The lowest BCUT2D eigenvalue weighted by Gasteiger charge is -2.12. The van der Waals surface area contributed by atoms with Gasteiger partial charge in [0.25, 0.3) is 0 Å². The Morgan fingerprint density at radius 3 is 1.58 bits per heavy atom. The minimum Gasteiger partial charge on any atom is -0.309 e. The zero-order valence-electron chi connectivity index (χ0n) is 34.7. The van der Waals surface area contributed by atoms with Gasteiger partial charge in [0, 0.05) is 49.4 Å². The van der Waals surface area contributed by atoms with Crippen LogP contribution in [0, 0.1) is 0 Å². The first-order valence-electron chi connectivity index (χ1n) is 21.8. The summed E-state index contributed by atoms with van der Waals surface area (Å²) in [6.45, 7) is 0. The molecule has 0 aliphatic carbocycles. The average Bonchev–Trinajstić information content (AvgIpc) is 3.89. The lowest BCUT2D eigenvalue weighted by atomic mass is 9.99. The summed E-state index contributed by atoms with van der Waals surface area (Å²) in [5.74, 6) is 0.705. The molecule has 298 valence electrons. The summed E-state index contributed by atoms with van der Waals surface area (Å²) < 4.78 is 4.78. The number of para-hydroxylation sites is 3. The average molecular weight is 815 g/mol. The maximum atomic E-state index is 5.22. The van der Waals surface area contributed by atoms with Gasteiger partial charge < -0.3 is 9.13 Å². The summed E-state index contributed by atoms with van der Waals surface area (Å²) >= 11 is 0. The van der Waals surface area contributed by atoms with Crippen molar-refractivity contribution in [1.82, 2.24) is 19.1 Å². The predicted octanol–water partition coefficient (Wildman–Crippen LogP) is 15.6. The third-order valence-corrected chi connectivity index (χ3v) is 12.9. The molecular weight excluding hydrogens is 777 g/mol. The fraction of sp³-hybridized carbons (Fsp3) is 0. The largest absolute Gasteiger partial charge is 0.309 e. The summed E-state index contributed by atoms with van der Waals surface area (Å²) in [6, 6.07) is 82.8. The minimum atomic E-state index is 0.705. The second-order valence-electron chi connectivity index (χ2n) is 16.6. The van der Waals surface area contributed by atoms with Crippen LogP contribution in [-0.2, 0) is 0 Å². The highest BCUT2D eigenvalue weighted by Crippen LogP contribution is 2.41. The molecule has 3 heterocycles. The van der Waals surface area contributed by atoms with E-state index in [4.69, 9.17) is 9.97 Å². The molecule has 0 N–H and O–H groups in total. The predicted molar refractivity (Wildman–Crippen MR) is 267 cm³/mol. The molecule has 10 aromatic carbocycles. The van der Waals surface area contributed by atoms with Crippen molar-refractivity contribution in [3.63, 3.8) is 0 Å². The molecule has 0 radical (unpaired) electrons. The molecule has 0 aliphatic heterocycles. The number of fused-ring (bicyclic) bond motifs is 9. The summed E-state index contributed by atoms with van der Waals surface area (Å²) in [4.78, 5) is 10.3. The van der Waals surface area contributed by atoms with Crippen molar-refractivity contribution >= 4 is 65.3 Å². The zero-order valence-corrected chi connectivity index (χ0v) is 34.7. The first-order chi connectivity index (χ1) is 31.7. The molecule has 0 atom stereocenters. The maximum Gasteiger partial charge on any atom is 0.160 e. The monoisotopic (exact) mass is 814 g/mol. The Labute approximate surface area is 369 Å². The SMILES string of the molecule is c1ccc(-c2ccc(-c3nc(-c4ccc(-n5c6ccccc6c6cc(-c7ccc8c(c7)c7c9ccccc9ccc7n8-c7ccccc7)ccc65)cc4)nc4ccccc34)cc2)cc1. The molecule has 0 aliphatic rings. The van der Waals surface area contributed by atoms with Gasteiger partial charge in [0.2, 0.25) is 0 Å². The fourth-order valence-corrected chi connectivity index (χ4v) is 9.89. The summed E-state index contributed by atoms with van der Waals surface area (Å²) in [5.41, 5.74) is 15.6. The molecule has 0 unspecified atom stereocenters. The molecule has 4 heteroatoms. The Hall–Kier alpha value is -8.60. The quantitative estimate of drug-likeness (QED) is 0.168. The van der Waals surface area contributed by atoms with E-state index in [0.29, 0.717) is 5.82 Å². The summed E-state index contributed by atoms with van der Waals surface area (Å²) in [6.07, 6.45) is 0. The highest BCUT2D eigenvalue weighted by Gasteiger charge is 2.18. The van der Waals surface area contributed by atoms with Gasteiger partial charge in [0.05, 0.1) is 33.3 Å². The van der Waals surface area contributed by atoms with Crippen LogP contribution in [0.15, 0.2) is 231 Å². The van der Waals surface area contributed by atoms with Gasteiger partial charge >= 0.3 is 0 Å². The Bertz CT molecular complexity index is 3920. The molecule has 64 heavy (non-hydrogen) atoms. The van der Waals surface area contributed by atoms with Gasteiger partial charge in [-0.1, -0.05) is 152 Å². The van der Waals surface area contributed by atoms with Crippen LogP contribution < -0.4 is 0 Å². The Morgan fingerprint density at radius 1 is 0.281 bits per heavy atom. The van der Waals surface area contributed by atoms with Crippen LogP contribution in [0.25, 0.3) is 122 Å². The van der Waals surface area contributed by atoms with Gasteiger partial charge in [-0.05, 0) is 112 Å². The Balaban J connectivity index is 0.903. The minimum absolute atomic E-state index is 0.705. The molecule has 0 amide bonds. The first kappa shape index (κ1) is 36.1. The number of rotatable bonds is 6. The standard InChI is InChI=1S/C60H38N4/c1-3-13-39(14-4-1)40-23-25-42(26-24-40)59-50-20-9-11-21-53(50)61-60(62-59)43-27-32-47(33-28-43)63-54-22-12-10-19-49(54)51-37-44(30-34-55(51)63)45-31-35-56-52(38-45)58-48-18-8-7-15-41(48)29-36-57(58)64(56)46-16-5-2-6-17-46/h1-38H. The third-order valence-electron chi connectivity index (χ3n) is 12.9. The van der Waals surface area contributed by atoms with E-state index in [1.54, 1.807) is 0 Å². The lowest BCUT2D eigenvalue weighted by molar-refractivity contribution is 1.17. The van der Waals surface area contributed by atoms with Crippen molar-refractivity contribution < 1.29 is 0 Å². The molecule has 3 aromatic heterocycles. The van der Waals surface area contributed by atoms with Gasteiger partial charge in [-0.2, -0.15) is 0 Å². The van der Waals surface area contributed by atoms with Gasteiger partial charge in [-0.15, -0.1) is 0 Å². The fourth-order valence-electron chi connectivity index (χ4n) is 9.89. The van der Waals surface area contributed by atoms with E-state index in [9.17, 15) is 0 Å². The topological polar surface area (TPSA) is 35.6 Å². The molecule has 0 bridgehead atoms. The molecule has 4 nitrogen and oxygen atoms in total. The number of hydrogen-bond donors (Lipinski definition) is 0. The van der Waals surface area contributed by atoms with Crippen LogP contribution >= 0.6 is 0 Å². The number of hydrogen-bond acceptors (Lipinski definition) is 2. The van der Waals surface area contributed by atoms with Crippen LogP contribution in [-0.4, -0.2) is 19.1 Å². The zero-order chi connectivity index (χ0) is 42.1. The van der Waals surface area contributed by atoms with Gasteiger partial charge in [-0.3, -0.25) is 0 Å². The molecule has 13 rings (SSSR count). The third kappa shape index (κ3) is 5.77. The normalized spacial score (nSPS) is 11.8. The second-order valence-corrected chi connectivity index (χ2v) is 16.6. The number of nitrogens with zero attached hydrogens (tertiary/aromatic N) is 4. The van der Waals surface area contributed by atoms with E-state index in [-0.39, 0.29) is 0 Å². The van der Waals surface area contributed by atoms with Crippen molar-refractivity contribution in [1.29, 1.82) is 0 Å². The molecule has 0 spiro atoms. The molecular formula is C60H38N4. The maximum absolute atomic E-state index is 5.22. The summed E-state index contributed by atoms with van der Waals surface area (Å²) in [7, 11) is 0. The Morgan fingerprint density at radius 2 is 0.797 bits per heavy atom. The highest BCUT2D eigenvalue weighted by molar-refractivity contribution is 6.22. The first-order valence-corrected chi connectivity index (χ1v) is 21.8. The van der Waals surface area contributed by atoms with E-state index in [2.05, 4.69) is 228 Å². The number of benzene rings is 10. The van der Waals surface area contributed by atoms with Crippen molar-refractivity contribution in [3.05, 3.63) is 231 Å². The molecule has 0 saturated heterocycles. The highest BCUT2D eigenvalue weighted by atomic mass is 15.0. The molecule has 0 fully saturated rings. The molecule has 0 saturated carbocycles. The lowest BCUT2D eigenvalue weighted by Crippen LogP contribution is -1.97.